The molecular weight excluding hydrogens is 204 g/mol. The zero-order valence-corrected chi connectivity index (χ0v) is 10.7. The number of Topliss-reactive ketones (excluding diaryl/α,β-unsaturated/α-hetero) is 1. The molecule has 0 spiro atoms. The summed E-state index contributed by atoms with van der Waals surface area (Å²) in [6.45, 7) is 8.14. The highest BCUT2D eigenvalue weighted by Crippen LogP contribution is 2.40. The lowest BCUT2D eigenvalue weighted by Crippen LogP contribution is -2.53. The third-order valence-corrected chi connectivity index (χ3v) is 3.91. The summed E-state index contributed by atoms with van der Waals surface area (Å²) in [4.78, 5) is 11.4. The van der Waals surface area contributed by atoms with Gasteiger partial charge in [0.2, 0.25) is 0 Å². The van der Waals surface area contributed by atoms with Crippen LogP contribution in [-0.2, 0) is 14.3 Å². The molecule has 2 rings (SSSR count). The fourth-order valence-corrected chi connectivity index (χ4v) is 2.64. The summed E-state index contributed by atoms with van der Waals surface area (Å²) in [6, 6.07) is 0. The predicted octanol–water partition coefficient (Wildman–Crippen LogP) is 2.33. The first kappa shape index (κ1) is 12.1. The zero-order chi connectivity index (χ0) is 11.9. The van der Waals surface area contributed by atoms with Gasteiger partial charge in [0, 0.05) is 6.42 Å². The zero-order valence-electron chi connectivity index (χ0n) is 10.7. The van der Waals surface area contributed by atoms with Gasteiger partial charge in [-0.2, -0.15) is 0 Å². The van der Waals surface area contributed by atoms with Gasteiger partial charge in [-0.1, -0.05) is 13.8 Å². The maximum atomic E-state index is 11.4. The summed E-state index contributed by atoms with van der Waals surface area (Å²) in [5, 5.41) is 0. The van der Waals surface area contributed by atoms with E-state index in [0.717, 1.165) is 12.8 Å². The molecule has 0 aromatic rings. The number of carbonyl (C=O) groups is 1. The number of ether oxygens (including phenoxy) is 2. The van der Waals surface area contributed by atoms with E-state index in [0.29, 0.717) is 12.2 Å². The average molecular weight is 226 g/mol. The summed E-state index contributed by atoms with van der Waals surface area (Å²) >= 11 is 0. The molecular formula is C13H22O3. The molecule has 1 aliphatic carbocycles. The molecule has 1 saturated heterocycles. The third-order valence-electron chi connectivity index (χ3n) is 3.91. The Hall–Kier alpha value is -0.410. The van der Waals surface area contributed by atoms with Crippen LogP contribution >= 0.6 is 0 Å². The van der Waals surface area contributed by atoms with E-state index in [4.69, 9.17) is 9.47 Å². The Labute approximate surface area is 97.5 Å². The van der Waals surface area contributed by atoms with E-state index in [1.54, 1.807) is 0 Å². The molecule has 1 aliphatic heterocycles. The van der Waals surface area contributed by atoms with E-state index in [9.17, 15) is 4.79 Å². The average Bonchev–Trinajstić information content (AvgIpc) is 2.15. The minimum absolute atomic E-state index is 0.113. The number of hydrogen-bond donors (Lipinski definition) is 0. The van der Waals surface area contributed by atoms with Crippen molar-refractivity contribution < 1.29 is 14.3 Å². The maximum Gasteiger partial charge on any atom is 0.143 e. The van der Waals surface area contributed by atoms with Gasteiger partial charge in [-0.15, -0.1) is 0 Å². The molecule has 3 nitrogen and oxygen atoms in total. The van der Waals surface area contributed by atoms with Crippen LogP contribution < -0.4 is 0 Å². The quantitative estimate of drug-likeness (QED) is 0.725. The molecule has 0 bridgehead atoms. The van der Waals surface area contributed by atoms with Crippen LogP contribution in [-0.4, -0.2) is 30.2 Å². The van der Waals surface area contributed by atoms with E-state index >= 15 is 0 Å². The fourth-order valence-electron chi connectivity index (χ4n) is 2.64. The molecule has 1 saturated carbocycles. The topological polar surface area (TPSA) is 35.5 Å². The van der Waals surface area contributed by atoms with Crippen molar-refractivity contribution in [1.29, 1.82) is 0 Å². The summed E-state index contributed by atoms with van der Waals surface area (Å²) in [6.07, 6.45) is 3.41. The Morgan fingerprint density at radius 3 is 2.25 bits per heavy atom. The van der Waals surface area contributed by atoms with E-state index in [1.807, 2.05) is 13.8 Å². The second-order valence-electron chi connectivity index (χ2n) is 5.82. The summed E-state index contributed by atoms with van der Waals surface area (Å²) < 4.78 is 11.7. The van der Waals surface area contributed by atoms with E-state index in [1.165, 1.54) is 0 Å². The Bertz CT molecular complexity index is 275. The molecule has 0 aromatic heterocycles. The molecule has 3 heteroatoms. The molecule has 2 aliphatic rings. The van der Waals surface area contributed by atoms with Crippen molar-refractivity contribution in [2.24, 2.45) is 5.41 Å². The van der Waals surface area contributed by atoms with Crippen LogP contribution in [0, 0.1) is 5.41 Å². The van der Waals surface area contributed by atoms with Gasteiger partial charge in [-0.05, 0) is 26.7 Å². The molecule has 3 unspecified atom stereocenters. The van der Waals surface area contributed by atoms with Gasteiger partial charge in [0.25, 0.3) is 0 Å². The lowest BCUT2D eigenvalue weighted by atomic mass is 9.68. The molecule has 16 heavy (non-hydrogen) atoms. The van der Waals surface area contributed by atoms with Crippen molar-refractivity contribution in [3.05, 3.63) is 0 Å². The van der Waals surface area contributed by atoms with Gasteiger partial charge in [-0.3, -0.25) is 4.79 Å². The van der Waals surface area contributed by atoms with Crippen LogP contribution in [0.5, 0.6) is 0 Å². The van der Waals surface area contributed by atoms with Crippen molar-refractivity contribution in [3.63, 3.8) is 0 Å². The first-order chi connectivity index (χ1) is 7.39. The van der Waals surface area contributed by atoms with Gasteiger partial charge >= 0.3 is 0 Å². The number of ketones is 1. The highest BCUT2D eigenvalue weighted by atomic mass is 16.5. The van der Waals surface area contributed by atoms with Crippen molar-refractivity contribution in [1.82, 2.24) is 0 Å². The molecule has 92 valence electrons. The van der Waals surface area contributed by atoms with Gasteiger partial charge in [0.15, 0.2) is 0 Å². The van der Waals surface area contributed by atoms with Crippen LogP contribution in [0.15, 0.2) is 0 Å². The van der Waals surface area contributed by atoms with Crippen molar-refractivity contribution in [3.8, 4) is 0 Å². The molecule has 0 radical (unpaired) electrons. The van der Waals surface area contributed by atoms with Crippen molar-refractivity contribution >= 4 is 5.78 Å². The molecule has 0 amide bonds. The largest absolute Gasteiger partial charge is 0.375 e. The van der Waals surface area contributed by atoms with Gasteiger partial charge in [0.05, 0.1) is 29.8 Å². The van der Waals surface area contributed by atoms with Crippen LogP contribution in [0.4, 0.5) is 0 Å². The standard InChI is InChI=1S/C13H22O3/c1-8-5-10(6-9(2)15-8)16-12-7-11(14)13(12,3)4/h8-10,12H,5-7H2,1-4H3. The highest BCUT2D eigenvalue weighted by molar-refractivity contribution is 5.91. The summed E-state index contributed by atoms with van der Waals surface area (Å²) in [5.41, 5.74) is -0.273. The Balaban J connectivity index is 1.88. The predicted molar refractivity (Wildman–Crippen MR) is 61.3 cm³/mol. The molecule has 3 atom stereocenters. The first-order valence-corrected chi connectivity index (χ1v) is 6.24. The first-order valence-electron chi connectivity index (χ1n) is 6.24. The number of hydrogen-bond acceptors (Lipinski definition) is 3. The van der Waals surface area contributed by atoms with Crippen LogP contribution in [0.3, 0.4) is 0 Å². The second kappa shape index (κ2) is 4.11. The van der Waals surface area contributed by atoms with Crippen LogP contribution in [0.25, 0.3) is 0 Å². The molecule has 0 N–H and O–H groups in total. The van der Waals surface area contributed by atoms with Gasteiger partial charge < -0.3 is 9.47 Å². The van der Waals surface area contributed by atoms with E-state index in [2.05, 4.69) is 13.8 Å². The lowest BCUT2D eigenvalue weighted by Gasteiger charge is -2.45. The number of carbonyl (C=O) groups excluding carboxylic acids is 1. The lowest BCUT2D eigenvalue weighted by molar-refractivity contribution is -0.181. The van der Waals surface area contributed by atoms with Crippen molar-refractivity contribution in [2.75, 3.05) is 0 Å². The number of rotatable bonds is 2. The highest BCUT2D eigenvalue weighted by Gasteiger charge is 2.49. The van der Waals surface area contributed by atoms with Crippen LogP contribution in [0.2, 0.25) is 0 Å². The Morgan fingerprint density at radius 1 is 1.25 bits per heavy atom. The smallest absolute Gasteiger partial charge is 0.143 e. The second-order valence-corrected chi connectivity index (χ2v) is 5.82. The maximum absolute atomic E-state index is 11.4. The van der Waals surface area contributed by atoms with E-state index in [-0.39, 0.29) is 29.8 Å². The minimum atomic E-state index is -0.273. The molecule has 1 heterocycles. The Kier molecular flexibility index (Phi) is 3.10. The van der Waals surface area contributed by atoms with Gasteiger partial charge in [-0.25, -0.2) is 0 Å². The normalized spacial score (nSPS) is 42.9. The van der Waals surface area contributed by atoms with E-state index < -0.39 is 0 Å². The summed E-state index contributed by atoms with van der Waals surface area (Å²) in [7, 11) is 0. The van der Waals surface area contributed by atoms with Crippen molar-refractivity contribution in [2.45, 2.75) is 71.4 Å². The minimum Gasteiger partial charge on any atom is -0.375 e. The monoisotopic (exact) mass is 226 g/mol. The molecule has 2 fully saturated rings. The fraction of sp³-hybridized carbons (Fsp3) is 0.923. The van der Waals surface area contributed by atoms with Gasteiger partial charge in [0.1, 0.15) is 5.78 Å². The molecule has 0 aromatic carbocycles. The summed E-state index contributed by atoms with van der Waals surface area (Å²) in [5.74, 6) is 0.325. The Morgan fingerprint density at radius 2 is 1.81 bits per heavy atom. The van der Waals surface area contributed by atoms with Crippen LogP contribution in [0.1, 0.15) is 47.0 Å². The SMILES string of the molecule is CC1CC(OC2CC(=O)C2(C)C)CC(C)O1. The third kappa shape index (κ3) is 2.16.